The molecule has 2 amide bonds. The molecule has 8 nitrogen and oxygen atoms in total. The minimum absolute atomic E-state index is 0.0838. The monoisotopic (exact) mass is 441 g/mol. The third-order valence-corrected chi connectivity index (χ3v) is 5.28. The molecule has 31 heavy (non-hydrogen) atoms. The molecule has 0 bridgehead atoms. The Bertz CT molecular complexity index is 1100. The molecule has 0 spiro atoms. The minimum atomic E-state index is -0.260. The number of hydrogen-bond acceptors (Lipinski definition) is 7. The highest BCUT2D eigenvalue weighted by atomic mass is 32.1. The lowest BCUT2D eigenvalue weighted by molar-refractivity contribution is -0.116. The number of aromatic nitrogens is 1. The molecule has 1 heterocycles. The molecule has 0 unspecified atom stereocenters. The van der Waals surface area contributed by atoms with Crippen LogP contribution < -0.4 is 24.8 Å². The summed E-state index contributed by atoms with van der Waals surface area (Å²) in [5.41, 5.74) is 2.45. The van der Waals surface area contributed by atoms with E-state index in [4.69, 9.17) is 14.2 Å². The highest BCUT2D eigenvalue weighted by Gasteiger charge is 2.14. The lowest BCUT2D eigenvalue weighted by Crippen LogP contribution is -2.17. The number of thiazole rings is 1. The van der Waals surface area contributed by atoms with Crippen molar-refractivity contribution in [1.82, 2.24) is 4.98 Å². The summed E-state index contributed by atoms with van der Waals surface area (Å²) in [4.78, 5) is 28.6. The minimum Gasteiger partial charge on any atom is -0.497 e. The Morgan fingerprint density at radius 3 is 2.39 bits per heavy atom. The number of ether oxygens (including phenoxy) is 3. The van der Waals surface area contributed by atoms with Gasteiger partial charge in [0, 0.05) is 23.9 Å². The highest BCUT2D eigenvalue weighted by Crippen LogP contribution is 2.33. The second-order valence-electron chi connectivity index (χ2n) is 6.53. The Hall–Kier alpha value is -3.59. The number of nitrogens with one attached hydrogen (secondary N) is 2. The Kier molecular flexibility index (Phi) is 7.09. The van der Waals surface area contributed by atoms with Crippen LogP contribution in [0.5, 0.6) is 17.2 Å². The summed E-state index contributed by atoms with van der Waals surface area (Å²) in [6.45, 7) is 1.40. The highest BCUT2D eigenvalue weighted by molar-refractivity contribution is 7.13. The van der Waals surface area contributed by atoms with Gasteiger partial charge in [0.15, 0.2) is 11.5 Å². The summed E-state index contributed by atoms with van der Waals surface area (Å²) in [6, 6.07) is 10.6. The number of hydrogen-bond donors (Lipinski definition) is 2. The first-order valence-electron chi connectivity index (χ1n) is 9.35. The maximum absolute atomic E-state index is 12.6. The first kappa shape index (κ1) is 22.1. The van der Waals surface area contributed by atoms with Crippen molar-refractivity contribution < 1.29 is 23.8 Å². The van der Waals surface area contributed by atoms with E-state index >= 15 is 0 Å². The Balaban J connectivity index is 1.74. The summed E-state index contributed by atoms with van der Waals surface area (Å²) in [5, 5.41) is 8.12. The van der Waals surface area contributed by atoms with Gasteiger partial charge in [-0.2, -0.15) is 0 Å². The molecule has 1 aromatic heterocycles. The molecule has 9 heteroatoms. The van der Waals surface area contributed by atoms with Crippen LogP contribution in [0.2, 0.25) is 0 Å². The SMILES string of the molecule is COc1ccc(NC(C)=O)c(NC(=O)Cc2csc(-c3ccc(OC)c(OC)c3)n2)c1. The molecule has 3 aromatic rings. The molecule has 0 saturated carbocycles. The second kappa shape index (κ2) is 9.94. The summed E-state index contributed by atoms with van der Waals surface area (Å²) in [7, 11) is 4.69. The third kappa shape index (κ3) is 5.52. The van der Waals surface area contributed by atoms with Crippen LogP contribution in [0.25, 0.3) is 10.6 Å². The van der Waals surface area contributed by atoms with E-state index in [2.05, 4.69) is 15.6 Å². The van der Waals surface area contributed by atoms with Crippen LogP contribution in [-0.2, 0) is 16.0 Å². The number of benzene rings is 2. The molecular formula is C22H23N3O5S. The molecule has 0 atom stereocenters. The quantitative estimate of drug-likeness (QED) is 0.549. The van der Waals surface area contributed by atoms with Gasteiger partial charge in [-0.15, -0.1) is 11.3 Å². The van der Waals surface area contributed by atoms with E-state index in [1.54, 1.807) is 32.4 Å². The van der Waals surface area contributed by atoms with Gasteiger partial charge in [-0.1, -0.05) is 0 Å². The Morgan fingerprint density at radius 2 is 1.71 bits per heavy atom. The zero-order valence-corrected chi connectivity index (χ0v) is 18.5. The lowest BCUT2D eigenvalue weighted by Gasteiger charge is -2.12. The van der Waals surface area contributed by atoms with Crippen LogP contribution in [0, 0.1) is 0 Å². The van der Waals surface area contributed by atoms with E-state index < -0.39 is 0 Å². The first-order chi connectivity index (χ1) is 14.9. The number of anilines is 2. The van der Waals surface area contributed by atoms with Gasteiger partial charge in [0.1, 0.15) is 10.8 Å². The van der Waals surface area contributed by atoms with Crippen molar-refractivity contribution in [1.29, 1.82) is 0 Å². The van der Waals surface area contributed by atoms with Gasteiger partial charge < -0.3 is 24.8 Å². The number of amides is 2. The van der Waals surface area contributed by atoms with Crippen LogP contribution in [-0.4, -0.2) is 38.1 Å². The summed E-state index contributed by atoms with van der Waals surface area (Å²) < 4.78 is 15.8. The van der Waals surface area contributed by atoms with E-state index in [-0.39, 0.29) is 18.2 Å². The van der Waals surface area contributed by atoms with Crippen molar-refractivity contribution in [2.24, 2.45) is 0 Å². The maximum atomic E-state index is 12.6. The van der Waals surface area contributed by atoms with Gasteiger partial charge in [0.05, 0.1) is 44.8 Å². The van der Waals surface area contributed by atoms with E-state index in [1.807, 2.05) is 23.6 Å². The van der Waals surface area contributed by atoms with Crippen molar-refractivity contribution in [3.8, 4) is 27.8 Å². The molecule has 0 aliphatic rings. The fraction of sp³-hybridized carbons (Fsp3) is 0.227. The number of methoxy groups -OCH3 is 3. The van der Waals surface area contributed by atoms with Crippen molar-refractivity contribution in [2.45, 2.75) is 13.3 Å². The van der Waals surface area contributed by atoms with Crippen LogP contribution >= 0.6 is 11.3 Å². The number of carbonyl (C=O) groups is 2. The average Bonchev–Trinajstić information content (AvgIpc) is 3.22. The van der Waals surface area contributed by atoms with Crippen LogP contribution in [0.15, 0.2) is 41.8 Å². The molecule has 162 valence electrons. The fourth-order valence-corrected chi connectivity index (χ4v) is 3.72. The fourth-order valence-electron chi connectivity index (χ4n) is 2.90. The molecule has 2 N–H and O–H groups in total. The van der Waals surface area contributed by atoms with Gasteiger partial charge >= 0.3 is 0 Å². The lowest BCUT2D eigenvalue weighted by atomic mass is 10.2. The van der Waals surface area contributed by atoms with Gasteiger partial charge in [-0.25, -0.2) is 4.98 Å². The largest absolute Gasteiger partial charge is 0.497 e. The first-order valence-corrected chi connectivity index (χ1v) is 10.2. The second-order valence-corrected chi connectivity index (χ2v) is 7.39. The van der Waals surface area contributed by atoms with Crippen molar-refractivity contribution >= 4 is 34.5 Å². The number of rotatable bonds is 8. The van der Waals surface area contributed by atoms with Crippen LogP contribution in [0.1, 0.15) is 12.6 Å². The van der Waals surface area contributed by atoms with Crippen molar-refractivity contribution in [3.63, 3.8) is 0 Å². The molecule has 2 aromatic carbocycles. The standard InChI is InChI=1S/C22H23N3O5S/c1-13(26)23-17-7-6-16(28-2)11-18(17)25-21(27)10-15-12-31-22(24-15)14-5-8-19(29-3)20(9-14)30-4/h5-9,11-12H,10H2,1-4H3,(H,23,26)(H,25,27). The smallest absolute Gasteiger partial charge is 0.230 e. The van der Waals surface area contributed by atoms with Gasteiger partial charge in [0.25, 0.3) is 0 Å². The van der Waals surface area contributed by atoms with E-state index in [1.165, 1.54) is 25.4 Å². The van der Waals surface area contributed by atoms with Gasteiger partial charge in [-0.3, -0.25) is 9.59 Å². The molecule has 0 fully saturated rings. The number of carbonyl (C=O) groups excluding carboxylic acids is 2. The number of nitrogens with zero attached hydrogens (tertiary/aromatic N) is 1. The molecule has 0 aliphatic carbocycles. The predicted octanol–water partition coefficient (Wildman–Crippen LogP) is 3.98. The van der Waals surface area contributed by atoms with Crippen LogP contribution in [0.3, 0.4) is 0 Å². The molecule has 0 aliphatic heterocycles. The summed E-state index contributed by atoms with van der Waals surface area (Å²) >= 11 is 1.44. The summed E-state index contributed by atoms with van der Waals surface area (Å²) in [5.74, 6) is 1.31. The molecule has 3 rings (SSSR count). The molecule has 0 saturated heterocycles. The van der Waals surface area contributed by atoms with Crippen LogP contribution in [0.4, 0.5) is 11.4 Å². The van der Waals surface area contributed by atoms with Crippen molar-refractivity contribution in [2.75, 3.05) is 32.0 Å². The average molecular weight is 442 g/mol. The summed E-state index contributed by atoms with van der Waals surface area (Å²) in [6.07, 6.45) is 0.0838. The maximum Gasteiger partial charge on any atom is 0.230 e. The topological polar surface area (TPSA) is 98.8 Å². The zero-order valence-electron chi connectivity index (χ0n) is 17.6. The normalized spacial score (nSPS) is 10.3. The van der Waals surface area contributed by atoms with Gasteiger partial charge in [-0.05, 0) is 30.3 Å². The van der Waals surface area contributed by atoms with E-state index in [9.17, 15) is 9.59 Å². The predicted molar refractivity (Wildman–Crippen MR) is 120 cm³/mol. The van der Waals surface area contributed by atoms with Gasteiger partial charge in [0.2, 0.25) is 11.8 Å². The Labute approximate surface area is 184 Å². The molecular weight excluding hydrogens is 418 g/mol. The molecule has 0 radical (unpaired) electrons. The van der Waals surface area contributed by atoms with E-state index in [0.29, 0.717) is 34.3 Å². The third-order valence-electron chi connectivity index (χ3n) is 4.34. The Morgan fingerprint density at radius 1 is 0.935 bits per heavy atom. The zero-order chi connectivity index (χ0) is 22.4. The van der Waals surface area contributed by atoms with E-state index in [0.717, 1.165) is 10.6 Å². The van der Waals surface area contributed by atoms with Crippen molar-refractivity contribution in [3.05, 3.63) is 47.5 Å².